The lowest BCUT2D eigenvalue weighted by Gasteiger charge is -2.30. The minimum Gasteiger partial charge on any atom is -0.391 e. The van der Waals surface area contributed by atoms with Crippen LogP contribution >= 0.6 is 0 Å². The van der Waals surface area contributed by atoms with Gasteiger partial charge in [-0.15, -0.1) is 0 Å². The minimum atomic E-state index is -0.445. The van der Waals surface area contributed by atoms with Gasteiger partial charge in [0.15, 0.2) is 0 Å². The standard InChI is InChI=1S/C11H21NO2/c1-4-9(5-2)8(3)12-7-10(13)6-11(12)14/h8-10,13H,4-7H2,1-3H3. The number of carbonyl (C=O) groups is 1. The number of likely N-dealkylation sites (tertiary alicyclic amines) is 1. The number of hydrogen-bond acceptors (Lipinski definition) is 2. The zero-order valence-corrected chi connectivity index (χ0v) is 9.36. The number of β-amino-alcohol motifs (C(OH)–C–C–N with tert-alkyl or cyclic N) is 1. The van der Waals surface area contributed by atoms with Gasteiger partial charge in [0.05, 0.1) is 12.5 Å². The lowest BCUT2D eigenvalue weighted by molar-refractivity contribution is -0.130. The number of nitrogens with zero attached hydrogens (tertiary/aromatic N) is 1. The van der Waals surface area contributed by atoms with E-state index in [0.717, 1.165) is 12.8 Å². The first kappa shape index (κ1) is 11.5. The second kappa shape index (κ2) is 4.78. The summed E-state index contributed by atoms with van der Waals surface area (Å²) in [5.74, 6) is 0.668. The monoisotopic (exact) mass is 199 g/mol. The van der Waals surface area contributed by atoms with Gasteiger partial charge in [-0.2, -0.15) is 0 Å². The molecular formula is C11H21NO2. The van der Waals surface area contributed by atoms with Crippen molar-refractivity contribution in [2.24, 2.45) is 5.92 Å². The average Bonchev–Trinajstić information content (AvgIpc) is 2.47. The number of amides is 1. The lowest BCUT2D eigenvalue weighted by Crippen LogP contribution is -2.39. The molecule has 0 aromatic carbocycles. The molecule has 82 valence electrons. The zero-order valence-electron chi connectivity index (χ0n) is 9.36. The van der Waals surface area contributed by atoms with E-state index in [1.54, 1.807) is 0 Å². The lowest BCUT2D eigenvalue weighted by atomic mass is 9.94. The first-order chi connectivity index (χ1) is 6.60. The second-order valence-electron chi connectivity index (χ2n) is 4.22. The Kier molecular flexibility index (Phi) is 3.93. The fourth-order valence-electron chi connectivity index (χ4n) is 2.33. The van der Waals surface area contributed by atoms with Crippen molar-refractivity contribution >= 4 is 5.91 Å². The molecule has 0 bridgehead atoms. The van der Waals surface area contributed by atoms with Crippen LogP contribution < -0.4 is 0 Å². The summed E-state index contributed by atoms with van der Waals surface area (Å²) in [6.07, 6.45) is 2.05. The van der Waals surface area contributed by atoms with Crippen LogP contribution in [0.3, 0.4) is 0 Å². The Bertz CT molecular complexity index is 201. The number of rotatable bonds is 4. The Hall–Kier alpha value is -0.570. The molecule has 1 N–H and O–H groups in total. The molecule has 0 aromatic rings. The van der Waals surface area contributed by atoms with E-state index >= 15 is 0 Å². The van der Waals surface area contributed by atoms with E-state index in [0.29, 0.717) is 18.9 Å². The Morgan fingerprint density at radius 3 is 2.43 bits per heavy atom. The fraction of sp³-hybridized carbons (Fsp3) is 0.909. The third-order valence-electron chi connectivity index (χ3n) is 3.36. The van der Waals surface area contributed by atoms with Crippen molar-refractivity contribution in [1.29, 1.82) is 0 Å². The number of aliphatic hydroxyl groups is 1. The summed E-state index contributed by atoms with van der Waals surface area (Å²) in [6, 6.07) is 0.273. The van der Waals surface area contributed by atoms with E-state index in [9.17, 15) is 9.90 Å². The molecule has 1 fully saturated rings. The van der Waals surface area contributed by atoms with Gasteiger partial charge in [-0.1, -0.05) is 26.7 Å². The highest BCUT2D eigenvalue weighted by molar-refractivity contribution is 5.79. The van der Waals surface area contributed by atoms with Gasteiger partial charge in [-0.25, -0.2) is 0 Å². The van der Waals surface area contributed by atoms with Crippen molar-refractivity contribution in [3.8, 4) is 0 Å². The van der Waals surface area contributed by atoms with Crippen LogP contribution in [-0.4, -0.2) is 34.6 Å². The van der Waals surface area contributed by atoms with Crippen molar-refractivity contribution in [2.75, 3.05) is 6.54 Å². The maximum atomic E-state index is 11.5. The van der Waals surface area contributed by atoms with Crippen molar-refractivity contribution in [2.45, 2.75) is 52.2 Å². The summed E-state index contributed by atoms with van der Waals surface area (Å²) in [6.45, 7) is 6.92. The van der Waals surface area contributed by atoms with E-state index in [-0.39, 0.29) is 11.9 Å². The molecule has 1 heterocycles. The Labute approximate surface area is 86.1 Å². The van der Waals surface area contributed by atoms with Gasteiger partial charge < -0.3 is 10.0 Å². The van der Waals surface area contributed by atoms with E-state index in [1.807, 2.05) is 4.90 Å². The van der Waals surface area contributed by atoms with Gasteiger partial charge in [0.25, 0.3) is 0 Å². The van der Waals surface area contributed by atoms with Gasteiger partial charge in [-0.3, -0.25) is 4.79 Å². The van der Waals surface area contributed by atoms with Gasteiger partial charge in [0.1, 0.15) is 0 Å². The van der Waals surface area contributed by atoms with E-state index < -0.39 is 6.10 Å². The molecule has 0 saturated carbocycles. The predicted octanol–water partition coefficient (Wildman–Crippen LogP) is 1.40. The Morgan fingerprint density at radius 2 is 2.07 bits per heavy atom. The van der Waals surface area contributed by atoms with Gasteiger partial charge >= 0.3 is 0 Å². The average molecular weight is 199 g/mol. The van der Waals surface area contributed by atoms with Gasteiger partial charge in [0.2, 0.25) is 5.91 Å². The van der Waals surface area contributed by atoms with E-state index in [4.69, 9.17) is 0 Å². The SMILES string of the molecule is CCC(CC)C(C)N1CC(O)CC1=O. The van der Waals surface area contributed by atoms with Crippen molar-refractivity contribution in [3.05, 3.63) is 0 Å². The van der Waals surface area contributed by atoms with Crippen molar-refractivity contribution in [1.82, 2.24) is 4.90 Å². The molecule has 1 amide bonds. The van der Waals surface area contributed by atoms with Crippen LogP contribution in [0.5, 0.6) is 0 Å². The number of carbonyl (C=O) groups excluding carboxylic acids is 1. The molecule has 0 aromatic heterocycles. The quantitative estimate of drug-likeness (QED) is 0.743. The smallest absolute Gasteiger partial charge is 0.225 e. The molecule has 1 rings (SSSR count). The van der Waals surface area contributed by atoms with Gasteiger partial charge in [-0.05, 0) is 12.8 Å². The van der Waals surface area contributed by atoms with Crippen LogP contribution in [0.2, 0.25) is 0 Å². The first-order valence-electron chi connectivity index (χ1n) is 5.57. The molecule has 1 aliphatic heterocycles. The van der Waals surface area contributed by atoms with E-state index in [2.05, 4.69) is 20.8 Å². The molecule has 1 aliphatic rings. The molecule has 3 nitrogen and oxygen atoms in total. The zero-order chi connectivity index (χ0) is 10.7. The molecule has 3 heteroatoms. The summed E-state index contributed by atoms with van der Waals surface area (Å²) in [5.41, 5.74) is 0. The highest BCUT2D eigenvalue weighted by Gasteiger charge is 2.33. The summed E-state index contributed by atoms with van der Waals surface area (Å²) in [7, 11) is 0. The number of hydrogen-bond donors (Lipinski definition) is 1. The van der Waals surface area contributed by atoms with Crippen LogP contribution in [0.15, 0.2) is 0 Å². The molecule has 14 heavy (non-hydrogen) atoms. The van der Waals surface area contributed by atoms with Crippen LogP contribution in [0.1, 0.15) is 40.0 Å². The summed E-state index contributed by atoms with van der Waals surface area (Å²) in [4.78, 5) is 13.4. The molecule has 2 atom stereocenters. The van der Waals surface area contributed by atoms with Crippen LogP contribution in [0.25, 0.3) is 0 Å². The first-order valence-corrected chi connectivity index (χ1v) is 5.57. The maximum Gasteiger partial charge on any atom is 0.225 e. The normalized spacial score (nSPS) is 24.8. The molecular weight excluding hydrogens is 178 g/mol. The molecule has 0 spiro atoms. The highest BCUT2D eigenvalue weighted by atomic mass is 16.3. The largest absolute Gasteiger partial charge is 0.391 e. The Morgan fingerprint density at radius 1 is 1.50 bits per heavy atom. The van der Waals surface area contributed by atoms with Gasteiger partial charge in [0, 0.05) is 12.6 Å². The van der Waals surface area contributed by atoms with Crippen LogP contribution in [-0.2, 0) is 4.79 Å². The van der Waals surface area contributed by atoms with Crippen molar-refractivity contribution < 1.29 is 9.90 Å². The predicted molar refractivity (Wildman–Crippen MR) is 55.9 cm³/mol. The highest BCUT2D eigenvalue weighted by Crippen LogP contribution is 2.23. The third kappa shape index (κ3) is 2.27. The minimum absolute atomic E-state index is 0.108. The van der Waals surface area contributed by atoms with Crippen LogP contribution in [0, 0.1) is 5.92 Å². The van der Waals surface area contributed by atoms with Crippen molar-refractivity contribution in [3.63, 3.8) is 0 Å². The molecule has 1 saturated heterocycles. The molecule has 0 aliphatic carbocycles. The third-order valence-corrected chi connectivity index (χ3v) is 3.36. The molecule has 0 radical (unpaired) electrons. The van der Waals surface area contributed by atoms with E-state index in [1.165, 1.54) is 0 Å². The van der Waals surface area contributed by atoms with Crippen LogP contribution in [0.4, 0.5) is 0 Å². The molecule has 2 unspecified atom stereocenters. The fourth-order valence-corrected chi connectivity index (χ4v) is 2.33. The maximum absolute atomic E-state index is 11.5. The summed E-state index contributed by atoms with van der Waals surface area (Å²) >= 11 is 0. The Balaban J connectivity index is 2.59. The summed E-state index contributed by atoms with van der Waals surface area (Å²) in [5, 5.41) is 9.38. The summed E-state index contributed by atoms with van der Waals surface area (Å²) < 4.78 is 0. The second-order valence-corrected chi connectivity index (χ2v) is 4.22. The topological polar surface area (TPSA) is 40.5 Å². The number of aliphatic hydroxyl groups excluding tert-OH is 1.